The number of thioether (sulfide) groups is 1. The molecular formula is C12H16N2O3S. The van der Waals surface area contributed by atoms with Crippen molar-refractivity contribution in [2.45, 2.75) is 13.0 Å². The van der Waals surface area contributed by atoms with Gasteiger partial charge in [-0.15, -0.1) is 0 Å². The van der Waals surface area contributed by atoms with E-state index in [0.717, 1.165) is 5.75 Å². The maximum Gasteiger partial charge on any atom is 0.337 e. The van der Waals surface area contributed by atoms with Gasteiger partial charge in [-0.2, -0.15) is 11.8 Å². The number of carboxylic acids is 1. The molecule has 6 heteroatoms. The Balaban J connectivity index is 2.67. The van der Waals surface area contributed by atoms with Gasteiger partial charge in [-0.3, -0.25) is 0 Å². The van der Waals surface area contributed by atoms with E-state index in [-0.39, 0.29) is 11.6 Å². The second-order valence-corrected chi connectivity index (χ2v) is 4.72. The molecule has 1 unspecified atom stereocenters. The number of anilines is 1. The second-order valence-electron chi connectivity index (χ2n) is 3.81. The first-order valence-corrected chi connectivity index (χ1v) is 6.82. The Morgan fingerprint density at radius 2 is 2.06 bits per heavy atom. The summed E-state index contributed by atoms with van der Waals surface area (Å²) in [6, 6.07) is 5.92. The van der Waals surface area contributed by atoms with Crippen LogP contribution in [0.1, 0.15) is 17.3 Å². The summed E-state index contributed by atoms with van der Waals surface area (Å²) in [5.41, 5.74) is 0.365. The smallest absolute Gasteiger partial charge is 0.337 e. The van der Waals surface area contributed by atoms with Gasteiger partial charge >= 0.3 is 12.0 Å². The van der Waals surface area contributed by atoms with E-state index < -0.39 is 12.0 Å². The van der Waals surface area contributed by atoms with Gasteiger partial charge in [-0.1, -0.05) is 12.1 Å². The van der Waals surface area contributed by atoms with Crippen LogP contribution in [0, 0.1) is 0 Å². The summed E-state index contributed by atoms with van der Waals surface area (Å²) in [7, 11) is 0. The molecule has 3 N–H and O–H groups in total. The molecule has 0 spiro atoms. The summed E-state index contributed by atoms with van der Waals surface area (Å²) in [6.45, 7) is 1.89. The average molecular weight is 268 g/mol. The zero-order valence-corrected chi connectivity index (χ0v) is 11.1. The molecular weight excluding hydrogens is 252 g/mol. The molecule has 18 heavy (non-hydrogen) atoms. The summed E-state index contributed by atoms with van der Waals surface area (Å²) in [5.74, 6) is -0.267. The van der Waals surface area contributed by atoms with Gasteiger partial charge in [-0.05, 0) is 25.3 Å². The minimum Gasteiger partial charge on any atom is -0.478 e. The molecule has 0 saturated carbocycles. The normalized spacial score (nSPS) is 11.7. The summed E-state index contributed by atoms with van der Waals surface area (Å²) in [6.07, 6.45) is 1.95. The first-order chi connectivity index (χ1) is 8.54. The van der Waals surface area contributed by atoms with Crippen LogP contribution in [0.2, 0.25) is 0 Å². The van der Waals surface area contributed by atoms with Gasteiger partial charge in [0.15, 0.2) is 0 Å². The Bertz CT molecular complexity index is 437. The summed E-state index contributed by atoms with van der Waals surface area (Å²) in [5, 5.41) is 14.2. The van der Waals surface area contributed by atoms with Crippen molar-refractivity contribution < 1.29 is 14.7 Å². The highest BCUT2D eigenvalue weighted by molar-refractivity contribution is 7.98. The van der Waals surface area contributed by atoms with Gasteiger partial charge < -0.3 is 15.7 Å². The maximum absolute atomic E-state index is 11.6. The molecule has 5 nitrogen and oxygen atoms in total. The fraction of sp³-hybridized carbons (Fsp3) is 0.333. The standard InChI is InChI=1S/C12H16N2O3S/c1-8(7-18-2)13-12(17)14-10-6-4-3-5-9(10)11(15)16/h3-6,8H,7H2,1-2H3,(H,15,16)(H2,13,14,17). The summed E-state index contributed by atoms with van der Waals surface area (Å²) in [4.78, 5) is 22.6. The number of carboxylic acid groups (broad SMARTS) is 1. The lowest BCUT2D eigenvalue weighted by Gasteiger charge is -2.14. The van der Waals surface area contributed by atoms with E-state index in [9.17, 15) is 9.59 Å². The van der Waals surface area contributed by atoms with Crippen molar-refractivity contribution in [1.29, 1.82) is 0 Å². The Morgan fingerprint density at radius 1 is 1.39 bits per heavy atom. The van der Waals surface area contributed by atoms with Crippen LogP contribution in [0.15, 0.2) is 24.3 Å². The van der Waals surface area contributed by atoms with E-state index in [0.29, 0.717) is 5.69 Å². The Labute approximate surface area is 110 Å². The monoisotopic (exact) mass is 268 g/mol. The van der Waals surface area contributed by atoms with Crippen LogP contribution in [0.25, 0.3) is 0 Å². The van der Waals surface area contributed by atoms with Gasteiger partial charge in [0.05, 0.1) is 11.3 Å². The largest absolute Gasteiger partial charge is 0.478 e. The minimum atomic E-state index is -1.07. The van der Waals surface area contributed by atoms with Crippen LogP contribution in [0.3, 0.4) is 0 Å². The first kappa shape index (κ1) is 14.4. The first-order valence-electron chi connectivity index (χ1n) is 5.43. The number of rotatable bonds is 5. The molecule has 98 valence electrons. The molecule has 0 radical (unpaired) electrons. The third-order valence-corrected chi connectivity index (χ3v) is 3.03. The lowest BCUT2D eigenvalue weighted by atomic mass is 10.2. The number of carbonyl (C=O) groups excluding carboxylic acids is 1. The molecule has 1 aromatic rings. The van der Waals surface area contributed by atoms with Gasteiger partial charge in [-0.25, -0.2) is 9.59 Å². The molecule has 1 aromatic carbocycles. The zero-order valence-electron chi connectivity index (χ0n) is 10.3. The third-order valence-electron chi connectivity index (χ3n) is 2.20. The van der Waals surface area contributed by atoms with E-state index in [1.165, 1.54) is 6.07 Å². The van der Waals surface area contributed by atoms with Crippen LogP contribution in [-0.4, -0.2) is 35.2 Å². The van der Waals surface area contributed by atoms with Crippen molar-refractivity contribution in [3.05, 3.63) is 29.8 Å². The number of carbonyl (C=O) groups is 2. The van der Waals surface area contributed by atoms with Crippen LogP contribution < -0.4 is 10.6 Å². The predicted molar refractivity (Wildman–Crippen MR) is 73.4 cm³/mol. The number of aromatic carboxylic acids is 1. The minimum absolute atomic E-state index is 0.0250. The highest BCUT2D eigenvalue weighted by Crippen LogP contribution is 2.14. The number of amides is 2. The van der Waals surface area contributed by atoms with Crippen molar-refractivity contribution in [3.63, 3.8) is 0 Å². The molecule has 0 aliphatic rings. The molecule has 0 fully saturated rings. The molecule has 0 heterocycles. The van der Waals surface area contributed by atoms with E-state index >= 15 is 0 Å². The molecule has 0 aliphatic heterocycles. The van der Waals surface area contributed by atoms with Crippen LogP contribution in [0.4, 0.5) is 10.5 Å². The van der Waals surface area contributed by atoms with Crippen LogP contribution in [0.5, 0.6) is 0 Å². The van der Waals surface area contributed by atoms with E-state index in [1.807, 2.05) is 13.2 Å². The second kappa shape index (κ2) is 6.90. The summed E-state index contributed by atoms with van der Waals surface area (Å²) >= 11 is 1.63. The highest BCUT2D eigenvalue weighted by atomic mass is 32.2. The van der Waals surface area contributed by atoms with Gasteiger partial charge in [0, 0.05) is 11.8 Å². The SMILES string of the molecule is CSCC(C)NC(=O)Nc1ccccc1C(=O)O. The van der Waals surface area contributed by atoms with E-state index in [1.54, 1.807) is 30.0 Å². The molecule has 0 aromatic heterocycles. The van der Waals surface area contributed by atoms with E-state index in [2.05, 4.69) is 10.6 Å². The van der Waals surface area contributed by atoms with Crippen molar-refractivity contribution in [3.8, 4) is 0 Å². The van der Waals surface area contributed by atoms with Crippen molar-refractivity contribution >= 4 is 29.4 Å². The van der Waals surface area contributed by atoms with E-state index in [4.69, 9.17) is 5.11 Å². The van der Waals surface area contributed by atoms with Gasteiger partial charge in [0.2, 0.25) is 0 Å². The molecule has 0 aliphatic carbocycles. The molecule has 0 bridgehead atoms. The number of para-hydroxylation sites is 1. The summed E-state index contributed by atoms with van der Waals surface area (Å²) < 4.78 is 0. The lowest BCUT2D eigenvalue weighted by molar-refractivity contribution is 0.0698. The Kier molecular flexibility index (Phi) is 5.51. The molecule has 0 saturated heterocycles. The lowest BCUT2D eigenvalue weighted by Crippen LogP contribution is -2.37. The quantitative estimate of drug-likeness (QED) is 0.765. The Hall–Kier alpha value is -1.69. The molecule has 1 atom stereocenters. The predicted octanol–water partition coefficient (Wildman–Crippen LogP) is 2.26. The van der Waals surface area contributed by atoms with Crippen LogP contribution in [-0.2, 0) is 0 Å². The number of hydrogen-bond donors (Lipinski definition) is 3. The average Bonchev–Trinajstić information content (AvgIpc) is 2.29. The van der Waals surface area contributed by atoms with Gasteiger partial charge in [0.25, 0.3) is 0 Å². The van der Waals surface area contributed by atoms with Crippen molar-refractivity contribution in [2.75, 3.05) is 17.3 Å². The number of urea groups is 1. The zero-order chi connectivity index (χ0) is 13.5. The molecule has 1 rings (SSSR count). The topological polar surface area (TPSA) is 78.4 Å². The molecule has 2 amide bonds. The fourth-order valence-corrected chi connectivity index (χ4v) is 2.04. The maximum atomic E-state index is 11.6. The number of nitrogens with one attached hydrogen (secondary N) is 2. The van der Waals surface area contributed by atoms with Crippen LogP contribution >= 0.6 is 11.8 Å². The number of benzene rings is 1. The Morgan fingerprint density at radius 3 is 2.67 bits per heavy atom. The van der Waals surface area contributed by atoms with Crippen molar-refractivity contribution in [2.24, 2.45) is 0 Å². The van der Waals surface area contributed by atoms with Gasteiger partial charge in [0.1, 0.15) is 0 Å². The highest BCUT2D eigenvalue weighted by Gasteiger charge is 2.12. The third kappa shape index (κ3) is 4.29. The van der Waals surface area contributed by atoms with Crippen molar-refractivity contribution in [1.82, 2.24) is 5.32 Å². The fourth-order valence-electron chi connectivity index (χ4n) is 1.45. The number of hydrogen-bond acceptors (Lipinski definition) is 3.